The Hall–Kier alpha value is -1.84. The molecule has 0 spiro atoms. The number of para-hydroxylation sites is 1. The minimum Gasteiger partial charge on any atom is -0.448 e. The molecule has 0 radical (unpaired) electrons. The van der Waals surface area contributed by atoms with Crippen LogP contribution in [0.5, 0.6) is 0 Å². The summed E-state index contributed by atoms with van der Waals surface area (Å²) in [4.78, 5) is 14.4. The van der Waals surface area contributed by atoms with Crippen LogP contribution in [-0.2, 0) is 0 Å². The monoisotopic (exact) mass is 275 g/mol. The second kappa shape index (κ2) is 5.27. The van der Waals surface area contributed by atoms with Gasteiger partial charge in [-0.05, 0) is 25.8 Å². The van der Waals surface area contributed by atoms with E-state index in [4.69, 9.17) is 4.42 Å². The number of carbonyl (C=O) groups excluding carboxylic acids is 1. The van der Waals surface area contributed by atoms with E-state index in [0.717, 1.165) is 44.3 Å². The van der Waals surface area contributed by atoms with Gasteiger partial charge in [0, 0.05) is 24.0 Å². The predicted octanol–water partition coefficient (Wildman–Crippen LogP) is 3.90. The first-order valence-electron chi connectivity index (χ1n) is 7.15. The van der Waals surface area contributed by atoms with Crippen LogP contribution >= 0.6 is 0 Å². The van der Waals surface area contributed by atoms with E-state index in [9.17, 15) is 9.18 Å². The predicted molar refractivity (Wildman–Crippen MR) is 75.3 cm³/mol. The number of carbonyl (C=O) groups is 1. The number of benzene rings is 1. The third-order valence-electron chi connectivity index (χ3n) is 4.00. The molecule has 1 aromatic carbocycles. The van der Waals surface area contributed by atoms with Gasteiger partial charge in [0.25, 0.3) is 5.91 Å². The van der Waals surface area contributed by atoms with Gasteiger partial charge in [-0.2, -0.15) is 0 Å². The van der Waals surface area contributed by atoms with Crippen molar-refractivity contribution in [2.75, 3.05) is 13.1 Å². The van der Waals surface area contributed by atoms with Crippen LogP contribution in [0.3, 0.4) is 0 Å². The molecule has 1 aromatic heterocycles. The lowest BCUT2D eigenvalue weighted by atomic mass is 10.1. The molecule has 0 unspecified atom stereocenters. The summed E-state index contributed by atoms with van der Waals surface area (Å²) in [6.07, 6.45) is 4.38. The smallest absolute Gasteiger partial charge is 0.289 e. The molecule has 0 bridgehead atoms. The van der Waals surface area contributed by atoms with E-state index in [1.165, 1.54) is 6.07 Å². The molecule has 3 rings (SSSR count). The largest absolute Gasteiger partial charge is 0.448 e. The summed E-state index contributed by atoms with van der Waals surface area (Å²) >= 11 is 0. The van der Waals surface area contributed by atoms with Crippen LogP contribution in [0, 0.1) is 12.7 Å². The van der Waals surface area contributed by atoms with Crippen LogP contribution in [-0.4, -0.2) is 23.9 Å². The number of aryl methyl sites for hydroxylation is 1. The Kier molecular flexibility index (Phi) is 3.47. The van der Waals surface area contributed by atoms with Gasteiger partial charge in [-0.1, -0.05) is 25.0 Å². The molecule has 3 nitrogen and oxygen atoms in total. The highest BCUT2D eigenvalue weighted by Crippen LogP contribution is 2.28. The third kappa shape index (κ3) is 2.19. The molecule has 0 saturated carbocycles. The standard InChI is InChI=1S/C16H18FNO2/c1-11-12-7-6-8-13(17)15(12)20-14(11)16(19)18-9-4-2-3-5-10-18/h6-8H,2-5,9-10H2,1H3. The molecule has 0 atom stereocenters. The zero-order chi connectivity index (χ0) is 14.1. The fourth-order valence-electron chi connectivity index (χ4n) is 2.83. The second-order valence-electron chi connectivity index (χ2n) is 5.38. The molecule has 1 aliphatic heterocycles. The minimum absolute atomic E-state index is 0.111. The van der Waals surface area contributed by atoms with Crippen molar-refractivity contribution in [1.29, 1.82) is 0 Å². The van der Waals surface area contributed by atoms with Crippen molar-refractivity contribution in [3.63, 3.8) is 0 Å². The molecule has 1 fully saturated rings. The minimum atomic E-state index is -0.416. The quantitative estimate of drug-likeness (QED) is 0.791. The number of furan rings is 1. The van der Waals surface area contributed by atoms with Gasteiger partial charge in [0.15, 0.2) is 17.2 Å². The fraction of sp³-hybridized carbons (Fsp3) is 0.438. The van der Waals surface area contributed by atoms with Gasteiger partial charge >= 0.3 is 0 Å². The van der Waals surface area contributed by atoms with Gasteiger partial charge in [-0.15, -0.1) is 0 Å². The van der Waals surface area contributed by atoms with Gasteiger partial charge in [0.1, 0.15) is 0 Å². The van der Waals surface area contributed by atoms with E-state index in [-0.39, 0.29) is 17.3 Å². The molecular formula is C16H18FNO2. The van der Waals surface area contributed by atoms with Gasteiger partial charge in [0.05, 0.1) is 0 Å². The molecule has 2 heterocycles. The molecule has 2 aromatic rings. The SMILES string of the molecule is Cc1c(C(=O)N2CCCCCC2)oc2c(F)cccc12. The topological polar surface area (TPSA) is 33.5 Å². The van der Waals surface area contributed by atoms with E-state index < -0.39 is 5.82 Å². The summed E-state index contributed by atoms with van der Waals surface area (Å²) in [5, 5.41) is 0.683. The number of nitrogens with zero attached hydrogens (tertiary/aromatic N) is 1. The molecule has 1 saturated heterocycles. The van der Waals surface area contributed by atoms with Gasteiger partial charge in [-0.25, -0.2) is 4.39 Å². The average Bonchev–Trinajstić information content (AvgIpc) is 2.66. The highest BCUT2D eigenvalue weighted by molar-refractivity contribution is 5.99. The van der Waals surface area contributed by atoms with Crippen molar-refractivity contribution in [3.05, 3.63) is 35.3 Å². The lowest BCUT2D eigenvalue weighted by molar-refractivity contribution is 0.0731. The van der Waals surface area contributed by atoms with E-state index in [1.54, 1.807) is 12.1 Å². The fourth-order valence-corrected chi connectivity index (χ4v) is 2.83. The zero-order valence-electron chi connectivity index (χ0n) is 11.6. The van der Waals surface area contributed by atoms with Gasteiger partial charge < -0.3 is 9.32 Å². The molecule has 20 heavy (non-hydrogen) atoms. The maximum atomic E-state index is 13.7. The molecule has 1 aliphatic rings. The Balaban J connectivity index is 1.99. The average molecular weight is 275 g/mol. The maximum absolute atomic E-state index is 13.7. The Labute approximate surface area is 117 Å². The van der Waals surface area contributed by atoms with Crippen molar-refractivity contribution < 1.29 is 13.6 Å². The number of rotatable bonds is 1. The molecular weight excluding hydrogens is 257 g/mol. The Bertz CT molecular complexity index is 639. The highest BCUT2D eigenvalue weighted by atomic mass is 19.1. The second-order valence-corrected chi connectivity index (χ2v) is 5.38. The molecule has 106 valence electrons. The first-order chi connectivity index (χ1) is 9.68. The lowest BCUT2D eigenvalue weighted by Gasteiger charge is -2.19. The summed E-state index contributed by atoms with van der Waals surface area (Å²) in [5.74, 6) is -0.243. The van der Waals surface area contributed by atoms with Crippen LogP contribution < -0.4 is 0 Å². The van der Waals surface area contributed by atoms with Crippen LogP contribution in [0.25, 0.3) is 11.0 Å². The van der Waals surface area contributed by atoms with E-state index in [0.29, 0.717) is 5.39 Å². The Morgan fingerprint density at radius 1 is 1.20 bits per heavy atom. The van der Waals surface area contributed by atoms with Crippen molar-refractivity contribution in [1.82, 2.24) is 4.90 Å². The van der Waals surface area contributed by atoms with Crippen molar-refractivity contribution >= 4 is 16.9 Å². The number of hydrogen-bond donors (Lipinski definition) is 0. The lowest BCUT2D eigenvalue weighted by Crippen LogP contribution is -2.31. The Morgan fingerprint density at radius 3 is 2.55 bits per heavy atom. The number of amides is 1. The first-order valence-corrected chi connectivity index (χ1v) is 7.15. The van der Waals surface area contributed by atoms with Crippen molar-refractivity contribution in [2.45, 2.75) is 32.6 Å². The zero-order valence-corrected chi connectivity index (χ0v) is 11.6. The molecule has 0 aliphatic carbocycles. The van der Waals surface area contributed by atoms with Crippen LogP contribution in [0.2, 0.25) is 0 Å². The summed E-state index contributed by atoms with van der Waals surface area (Å²) < 4.78 is 19.3. The van der Waals surface area contributed by atoms with Crippen molar-refractivity contribution in [3.8, 4) is 0 Å². The summed E-state index contributed by atoms with van der Waals surface area (Å²) in [6.45, 7) is 3.34. The molecule has 4 heteroatoms. The van der Waals surface area contributed by atoms with Gasteiger partial charge in [-0.3, -0.25) is 4.79 Å². The molecule has 1 amide bonds. The number of halogens is 1. The van der Waals surface area contributed by atoms with Crippen LogP contribution in [0.4, 0.5) is 4.39 Å². The number of hydrogen-bond acceptors (Lipinski definition) is 2. The van der Waals surface area contributed by atoms with E-state index in [1.807, 2.05) is 11.8 Å². The van der Waals surface area contributed by atoms with E-state index in [2.05, 4.69) is 0 Å². The maximum Gasteiger partial charge on any atom is 0.289 e. The highest BCUT2D eigenvalue weighted by Gasteiger charge is 2.24. The summed E-state index contributed by atoms with van der Waals surface area (Å²) in [5.41, 5.74) is 0.914. The summed E-state index contributed by atoms with van der Waals surface area (Å²) in [7, 11) is 0. The summed E-state index contributed by atoms with van der Waals surface area (Å²) in [6, 6.07) is 4.78. The van der Waals surface area contributed by atoms with Gasteiger partial charge in [0.2, 0.25) is 0 Å². The molecule has 0 N–H and O–H groups in total. The number of fused-ring (bicyclic) bond motifs is 1. The van der Waals surface area contributed by atoms with E-state index >= 15 is 0 Å². The van der Waals surface area contributed by atoms with Crippen molar-refractivity contribution in [2.24, 2.45) is 0 Å². The Morgan fingerprint density at radius 2 is 1.90 bits per heavy atom. The van der Waals surface area contributed by atoms with Crippen LogP contribution in [0.1, 0.15) is 41.8 Å². The number of likely N-dealkylation sites (tertiary alicyclic amines) is 1. The normalized spacial score (nSPS) is 16.4. The third-order valence-corrected chi connectivity index (χ3v) is 4.00. The first kappa shape index (κ1) is 13.2. The van der Waals surface area contributed by atoms with Crippen LogP contribution in [0.15, 0.2) is 22.6 Å².